The minimum atomic E-state index is -0.956. The number of hydrogen-bond donors (Lipinski definition) is 4. The van der Waals surface area contributed by atoms with E-state index in [1.165, 1.54) is 4.57 Å². The van der Waals surface area contributed by atoms with Crippen molar-refractivity contribution in [3.63, 3.8) is 0 Å². The molecule has 5 N–H and O–H groups in total. The number of nitrogens with zero attached hydrogens (tertiary/aromatic N) is 2. The highest BCUT2D eigenvalue weighted by atomic mass is 32.1. The molecule has 0 saturated carbocycles. The number of H-pyrrole nitrogens is 1. The van der Waals surface area contributed by atoms with Gasteiger partial charge in [0.15, 0.2) is 5.65 Å². The van der Waals surface area contributed by atoms with Gasteiger partial charge in [-0.1, -0.05) is 25.2 Å². The molecule has 0 aromatic carbocycles. The first-order valence-corrected chi connectivity index (χ1v) is 9.50. The van der Waals surface area contributed by atoms with Crippen molar-refractivity contribution in [1.29, 1.82) is 0 Å². The Balaban J connectivity index is 2.10. The summed E-state index contributed by atoms with van der Waals surface area (Å²) in [5.41, 5.74) is 5.21. The number of ether oxygens (including phenoxy) is 1. The highest BCUT2D eigenvalue weighted by Gasteiger charge is 2.43. The van der Waals surface area contributed by atoms with E-state index in [4.69, 9.17) is 15.6 Å². The summed E-state index contributed by atoms with van der Waals surface area (Å²) in [4.78, 5) is 41.9. The number of thiazole rings is 1. The maximum atomic E-state index is 12.6. The maximum absolute atomic E-state index is 12.6. The number of aliphatic carboxylic acids is 1. The number of carboxylic acid groups (broad SMARTS) is 1. The van der Waals surface area contributed by atoms with Gasteiger partial charge >= 0.3 is 10.8 Å². The van der Waals surface area contributed by atoms with E-state index >= 15 is 0 Å². The van der Waals surface area contributed by atoms with Gasteiger partial charge in [-0.25, -0.2) is 0 Å². The standard InChI is InChI=1S/C16H22N4O6S/c1-3-8(21)9-5-7(6(2)4-10(22)23)14(26-9)20-12-11(27-16(20)25)13(24)19-15(17)18-12/h6-9,14,21H,3-5H2,1-2H3,(H,22,23)(H3,17,18,19,24)/t6-,7-,8-,9-,14+/m0/s1. The fraction of sp³-hybridized carbons (Fsp3) is 0.625. The summed E-state index contributed by atoms with van der Waals surface area (Å²) in [6.07, 6.45) is -1.36. The van der Waals surface area contributed by atoms with Crippen LogP contribution in [-0.4, -0.2) is 42.9 Å². The maximum Gasteiger partial charge on any atom is 0.311 e. The summed E-state index contributed by atoms with van der Waals surface area (Å²) >= 11 is 0.731. The molecule has 3 rings (SSSR count). The molecule has 5 atom stereocenters. The number of aromatic nitrogens is 3. The van der Waals surface area contributed by atoms with Gasteiger partial charge in [-0.15, -0.1) is 0 Å². The van der Waals surface area contributed by atoms with Gasteiger partial charge in [0.2, 0.25) is 5.95 Å². The molecule has 1 aliphatic heterocycles. The lowest BCUT2D eigenvalue weighted by molar-refractivity contribution is -0.138. The lowest BCUT2D eigenvalue weighted by Crippen LogP contribution is -2.29. The van der Waals surface area contributed by atoms with Crippen LogP contribution >= 0.6 is 11.3 Å². The Kier molecular flexibility index (Phi) is 5.36. The number of nitrogen functional groups attached to an aromatic ring is 1. The number of hydrogen-bond acceptors (Lipinski definition) is 8. The Bertz CT molecular complexity index is 966. The van der Waals surface area contributed by atoms with Crippen LogP contribution in [0.4, 0.5) is 5.95 Å². The molecule has 0 spiro atoms. The molecule has 0 aliphatic carbocycles. The number of aliphatic hydroxyl groups excluding tert-OH is 1. The minimum absolute atomic E-state index is 0.105. The number of nitrogens with two attached hydrogens (primary N) is 1. The third kappa shape index (κ3) is 3.62. The van der Waals surface area contributed by atoms with Crippen molar-refractivity contribution in [2.75, 3.05) is 5.73 Å². The second kappa shape index (κ2) is 7.41. The number of carboxylic acids is 1. The summed E-state index contributed by atoms with van der Waals surface area (Å²) in [6, 6.07) is 0. The number of aliphatic hydroxyl groups is 1. The highest BCUT2D eigenvalue weighted by molar-refractivity contribution is 7.16. The van der Waals surface area contributed by atoms with Gasteiger partial charge in [-0.3, -0.25) is 23.9 Å². The lowest BCUT2D eigenvalue weighted by atomic mass is 9.86. The fourth-order valence-electron chi connectivity index (χ4n) is 3.59. The van der Waals surface area contributed by atoms with Crippen LogP contribution in [0, 0.1) is 11.8 Å². The fourth-order valence-corrected chi connectivity index (χ4v) is 4.44. The molecule has 10 nitrogen and oxygen atoms in total. The van der Waals surface area contributed by atoms with Crippen LogP contribution in [0.1, 0.15) is 39.3 Å². The van der Waals surface area contributed by atoms with Gasteiger partial charge in [-0.05, 0) is 18.8 Å². The Morgan fingerprint density at radius 1 is 1.52 bits per heavy atom. The summed E-state index contributed by atoms with van der Waals surface area (Å²) in [5, 5.41) is 19.4. The molecule has 1 fully saturated rings. The van der Waals surface area contributed by atoms with Gasteiger partial charge in [0.1, 0.15) is 10.9 Å². The van der Waals surface area contributed by atoms with Gasteiger partial charge in [0, 0.05) is 12.3 Å². The predicted molar refractivity (Wildman–Crippen MR) is 98.6 cm³/mol. The van der Waals surface area contributed by atoms with Crippen molar-refractivity contribution < 1.29 is 19.7 Å². The summed E-state index contributed by atoms with van der Waals surface area (Å²) < 4.78 is 7.36. The molecular weight excluding hydrogens is 376 g/mol. The van der Waals surface area contributed by atoms with Crippen molar-refractivity contribution in [2.45, 2.75) is 51.5 Å². The second-order valence-electron chi connectivity index (χ2n) is 6.86. The van der Waals surface area contributed by atoms with E-state index < -0.39 is 34.8 Å². The van der Waals surface area contributed by atoms with E-state index in [9.17, 15) is 19.5 Å². The van der Waals surface area contributed by atoms with Crippen LogP contribution < -0.4 is 16.2 Å². The van der Waals surface area contributed by atoms with Gasteiger partial charge in [-0.2, -0.15) is 4.98 Å². The van der Waals surface area contributed by atoms with Crippen molar-refractivity contribution in [1.82, 2.24) is 14.5 Å². The topological polar surface area (TPSA) is 161 Å². The van der Waals surface area contributed by atoms with Crippen LogP contribution in [0.25, 0.3) is 10.3 Å². The Hall–Kier alpha value is -2.24. The normalized spacial score (nSPS) is 24.9. The van der Waals surface area contributed by atoms with Crippen molar-refractivity contribution >= 4 is 33.6 Å². The molecule has 148 valence electrons. The van der Waals surface area contributed by atoms with Gasteiger partial charge < -0.3 is 20.7 Å². The third-order valence-corrected chi connectivity index (χ3v) is 5.95. The number of anilines is 1. The first-order valence-electron chi connectivity index (χ1n) is 8.69. The number of aromatic amines is 1. The average molecular weight is 398 g/mol. The number of carbonyl (C=O) groups is 1. The SMILES string of the molecule is CC[C@H](O)[C@@H]1C[C@@H]([C@@H](C)CC(=O)O)[C@H](n2c(=O)sc3c(=O)[nH]c(N)nc32)O1. The van der Waals surface area contributed by atoms with E-state index in [1.54, 1.807) is 6.92 Å². The second-order valence-corrected chi connectivity index (χ2v) is 7.82. The monoisotopic (exact) mass is 398 g/mol. The molecule has 1 saturated heterocycles. The zero-order valence-electron chi connectivity index (χ0n) is 14.9. The number of nitrogens with one attached hydrogen (secondary N) is 1. The van der Waals surface area contributed by atoms with Gasteiger partial charge in [0.05, 0.1) is 12.2 Å². The Labute approximate surface area is 157 Å². The minimum Gasteiger partial charge on any atom is -0.481 e. The van der Waals surface area contributed by atoms with Gasteiger partial charge in [0.25, 0.3) is 5.56 Å². The molecule has 27 heavy (non-hydrogen) atoms. The van der Waals surface area contributed by atoms with Crippen molar-refractivity contribution in [2.24, 2.45) is 11.8 Å². The van der Waals surface area contributed by atoms with Crippen LogP contribution in [0.15, 0.2) is 9.59 Å². The third-order valence-electron chi connectivity index (χ3n) is 5.01. The molecule has 0 bridgehead atoms. The molecule has 0 radical (unpaired) electrons. The van der Waals surface area contributed by atoms with E-state index in [1.807, 2.05) is 6.92 Å². The Morgan fingerprint density at radius 3 is 2.85 bits per heavy atom. The largest absolute Gasteiger partial charge is 0.481 e. The molecule has 0 unspecified atom stereocenters. The van der Waals surface area contributed by atoms with E-state index in [-0.39, 0.29) is 34.6 Å². The first kappa shape index (κ1) is 19.5. The molecule has 1 aliphatic rings. The first-order chi connectivity index (χ1) is 12.7. The van der Waals surface area contributed by atoms with Crippen LogP contribution in [0.2, 0.25) is 0 Å². The molecule has 11 heteroatoms. The Morgan fingerprint density at radius 2 is 2.22 bits per heavy atom. The quantitative estimate of drug-likeness (QED) is 0.547. The highest BCUT2D eigenvalue weighted by Crippen LogP contribution is 2.42. The molecule has 3 heterocycles. The van der Waals surface area contributed by atoms with Crippen molar-refractivity contribution in [3.8, 4) is 0 Å². The molecule has 2 aromatic heterocycles. The van der Waals surface area contributed by atoms with E-state index in [2.05, 4.69) is 9.97 Å². The molecular formula is C16H22N4O6S. The smallest absolute Gasteiger partial charge is 0.311 e. The number of fused-ring (bicyclic) bond motifs is 1. The summed E-state index contributed by atoms with van der Waals surface area (Å²) in [7, 11) is 0. The number of rotatable bonds is 6. The summed E-state index contributed by atoms with van der Waals surface area (Å²) in [6.45, 7) is 3.58. The van der Waals surface area contributed by atoms with Crippen LogP contribution in [-0.2, 0) is 9.53 Å². The molecule has 2 aromatic rings. The lowest BCUT2D eigenvalue weighted by Gasteiger charge is -2.24. The van der Waals surface area contributed by atoms with Crippen molar-refractivity contribution in [3.05, 3.63) is 20.0 Å². The predicted octanol–water partition coefficient (Wildman–Crippen LogP) is 0.514. The molecule has 0 amide bonds. The zero-order chi connectivity index (χ0) is 19.9. The van der Waals surface area contributed by atoms with E-state index in [0.29, 0.717) is 12.8 Å². The average Bonchev–Trinajstić information content (AvgIpc) is 3.14. The van der Waals surface area contributed by atoms with Crippen LogP contribution in [0.5, 0.6) is 0 Å². The summed E-state index contributed by atoms with van der Waals surface area (Å²) in [5.74, 6) is -1.74. The van der Waals surface area contributed by atoms with Crippen LogP contribution in [0.3, 0.4) is 0 Å². The van der Waals surface area contributed by atoms with E-state index in [0.717, 1.165) is 11.3 Å². The zero-order valence-corrected chi connectivity index (χ0v) is 15.7.